The van der Waals surface area contributed by atoms with E-state index in [1.54, 1.807) is 34.9 Å². The van der Waals surface area contributed by atoms with Gasteiger partial charge in [-0.1, -0.05) is 0 Å². The van der Waals surface area contributed by atoms with E-state index in [9.17, 15) is 14.0 Å². The summed E-state index contributed by atoms with van der Waals surface area (Å²) in [5, 5.41) is 0. The summed E-state index contributed by atoms with van der Waals surface area (Å²) in [7, 11) is 0. The number of carbonyl (C=O) groups is 1. The first-order chi connectivity index (χ1) is 13.5. The van der Waals surface area contributed by atoms with Crippen LogP contribution in [0.15, 0.2) is 51.7 Å². The van der Waals surface area contributed by atoms with Gasteiger partial charge in [0.05, 0.1) is 5.52 Å². The SMILES string of the molecule is CC(=O)c1ccc2c(c1)oc(=O)n2CCN1CCN(c2ccc(F)cc2)CC1. The molecule has 3 aromatic rings. The van der Waals surface area contributed by atoms with Crippen LogP contribution in [-0.4, -0.2) is 48.0 Å². The largest absolute Gasteiger partial charge is 0.419 e. The quantitative estimate of drug-likeness (QED) is 0.634. The zero-order valence-corrected chi connectivity index (χ0v) is 15.7. The van der Waals surface area contributed by atoms with Crippen molar-refractivity contribution in [3.63, 3.8) is 0 Å². The first-order valence-corrected chi connectivity index (χ1v) is 9.38. The summed E-state index contributed by atoms with van der Waals surface area (Å²) in [6.45, 7) is 6.21. The highest BCUT2D eigenvalue weighted by molar-refractivity contribution is 5.96. The third-order valence-electron chi connectivity index (χ3n) is 5.28. The van der Waals surface area contributed by atoms with E-state index < -0.39 is 5.76 Å². The Balaban J connectivity index is 1.39. The van der Waals surface area contributed by atoms with Gasteiger partial charge in [-0.05, 0) is 49.4 Å². The minimum atomic E-state index is -0.402. The van der Waals surface area contributed by atoms with Gasteiger partial charge in [-0.25, -0.2) is 9.18 Å². The Morgan fingerprint density at radius 1 is 1.04 bits per heavy atom. The number of fused-ring (bicyclic) bond motifs is 1. The molecule has 1 aliphatic heterocycles. The molecule has 0 saturated carbocycles. The van der Waals surface area contributed by atoms with Crippen molar-refractivity contribution < 1.29 is 13.6 Å². The van der Waals surface area contributed by atoms with E-state index in [0.717, 1.165) is 38.4 Å². The lowest BCUT2D eigenvalue weighted by Gasteiger charge is -2.36. The van der Waals surface area contributed by atoms with Crippen molar-refractivity contribution in [1.29, 1.82) is 0 Å². The predicted molar refractivity (Wildman–Crippen MR) is 106 cm³/mol. The number of oxazole rings is 1. The lowest BCUT2D eigenvalue weighted by molar-refractivity contribution is 0.101. The molecule has 0 amide bonds. The fourth-order valence-corrected chi connectivity index (χ4v) is 3.62. The van der Waals surface area contributed by atoms with Crippen LogP contribution < -0.4 is 10.7 Å². The maximum atomic E-state index is 13.1. The van der Waals surface area contributed by atoms with Gasteiger partial charge in [0.25, 0.3) is 0 Å². The molecule has 0 aliphatic carbocycles. The summed E-state index contributed by atoms with van der Waals surface area (Å²) >= 11 is 0. The standard InChI is InChI=1S/C21H22FN3O3/c1-15(26)16-2-7-19-20(14-16)28-21(27)25(19)13-10-23-8-11-24(12-9-23)18-5-3-17(22)4-6-18/h2-7,14H,8-13H2,1H3. The zero-order chi connectivity index (χ0) is 19.7. The highest BCUT2D eigenvalue weighted by Crippen LogP contribution is 2.18. The van der Waals surface area contributed by atoms with E-state index in [2.05, 4.69) is 9.80 Å². The summed E-state index contributed by atoms with van der Waals surface area (Å²) in [4.78, 5) is 28.2. The van der Waals surface area contributed by atoms with Crippen LogP contribution in [0.2, 0.25) is 0 Å². The molecule has 2 aromatic carbocycles. The number of hydrogen-bond acceptors (Lipinski definition) is 5. The minimum absolute atomic E-state index is 0.0590. The molecule has 7 heteroatoms. The molecule has 1 saturated heterocycles. The van der Waals surface area contributed by atoms with E-state index in [4.69, 9.17) is 4.42 Å². The summed E-state index contributed by atoms with van der Waals surface area (Å²) in [6, 6.07) is 11.7. The van der Waals surface area contributed by atoms with Gasteiger partial charge in [0.1, 0.15) is 5.82 Å². The number of carbonyl (C=O) groups excluding carboxylic acids is 1. The highest BCUT2D eigenvalue weighted by Gasteiger charge is 2.18. The first kappa shape index (κ1) is 18.4. The van der Waals surface area contributed by atoms with Gasteiger partial charge in [0.2, 0.25) is 0 Å². The van der Waals surface area contributed by atoms with Gasteiger partial charge < -0.3 is 9.32 Å². The molecular formula is C21H22FN3O3. The molecule has 1 aromatic heterocycles. The predicted octanol–water partition coefficient (Wildman–Crippen LogP) is 2.76. The number of piperazine rings is 1. The molecule has 0 radical (unpaired) electrons. The highest BCUT2D eigenvalue weighted by atomic mass is 19.1. The Hall–Kier alpha value is -2.93. The third kappa shape index (κ3) is 3.71. The second-order valence-corrected chi connectivity index (χ2v) is 7.06. The summed E-state index contributed by atoms with van der Waals surface area (Å²) < 4.78 is 20.0. The van der Waals surface area contributed by atoms with Crippen LogP contribution >= 0.6 is 0 Å². The topological polar surface area (TPSA) is 58.7 Å². The molecule has 0 spiro atoms. The molecule has 0 unspecified atom stereocenters. The molecule has 6 nitrogen and oxygen atoms in total. The Morgan fingerprint density at radius 3 is 2.43 bits per heavy atom. The normalized spacial score (nSPS) is 15.3. The molecule has 28 heavy (non-hydrogen) atoms. The third-order valence-corrected chi connectivity index (χ3v) is 5.28. The number of anilines is 1. The van der Waals surface area contributed by atoms with Crippen molar-refractivity contribution in [3.05, 3.63) is 64.4 Å². The lowest BCUT2D eigenvalue weighted by atomic mass is 10.1. The van der Waals surface area contributed by atoms with Gasteiger partial charge in [0.15, 0.2) is 11.4 Å². The number of aromatic nitrogens is 1. The van der Waals surface area contributed by atoms with Crippen LogP contribution in [0, 0.1) is 5.82 Å². The van der Waals surface area contributed by atoms with Crippen LogP contribution in [0.1, 0.15) is 17.3 Å². The van der Waals surface area contributed by atoms with Gasteiger partial charge in [-0.3, -0.25) is 14.3 Å². The van der Waals surface area contributed by atoms with Crippen LogP contribution in [0.4, 0.5) is 10.1 Å². The number of ketones is 1. The molecule has 2 heterocycles. The van der Waals surface area contributed by atoms with Crippen molar-refractivity contribution in [2.24, 2.45) is 0 Å². The number of benzene rings is 2. The van der Waals surface area contributed by atoms with Crippen LogP contribution in [0.25, 0.3) is 11.1 Å². The molecule has 146 valence electrons. The van der Waals surface area contributed by atoms with Gasteiger partial charge in [-0.2, -0.15) is 0 Å². The average Bonchev–Trinajstić information content (AvgIpc) is 3.01. The van der Waals surface area contributed by atoms with E-state index in [0.29, 0.717) is 23.2 Å². The van der Waals surface area contributed by atoms with Crippen molar-refractivity contribution in [1.82, 2.24) is 9.47 Å². The zero-order valence-electron chi connectivity index (χ0n) is 15.7. The average molecular weight is 383 g/mol. The summed E-state index contributed by atoms with van der Waals surface area (Å²) in [5.74, 6) is -0.687. The van der Waals surface area contributed by atoms with E-state index in [-0.39, 0.29) is 11.6 Å². The van der Waals surface area contributed by atoms with Gasteiger partial charge >= 0.3 is 5.76 Å². The Labute approximate surface area is 161 Å². The molecule has 0 N–H and O–H groups in total. The van der Waals surface area contributed by atoms with Crippen LogP contribution in [0.3, 0.4) is 0 Å². The summed E-state index contributed by atoms with van der Waals surface area (Å²) in [5.41, 5.74) is 2.71. The lowest BCUT2D eigenvalue weighted by Crippen LogP contribution is -2.47. The maximum absolute atomic E-state index is 13.1. The Bertz CT molecular complexity index is 1050. The molecule has 1 aliphatic rings. The van der Waals surface area contributed by atoms with Crippen molar-refractivity contribution >= 4 is 22.6 Å². The molecule has 1 fully saturated rings. The van der Waals surface area contributed by atoms with E-state index in [1.807, 2.05) is 0 Å². The van der Waals surface area contributed by atoms with Gasteiger partial charge in [-0.15, -0.1) is 0 Å². The van der Waals surface area contributed by atoms with Crippen molar-refractivity contribution in [2.45, 2.75) is 13.5 Å². The number of Topliss-reactive ketones (excluding diaryl/α,β-unsaturated/α-hetero) is 1. The second-order valence-electron chi connectivity index (χ2n) is 7.06. The molecule has 4 rings (SSSR count). The number of nitrogens with zero attached hydrogens (tertiary/aromatic N) is 3. The summed E-state index contributed by atoms with van der Waals surface area (Å²) in [6.07, 6.45) is 0. The first-order valence-electron chi connectivity index (χ1n) is 9.38. The molecule has 0 bridgehead atoms. The Kier molecular flexibility index (Phi) is 5.00. The van der Waals surface area contributed by atoms with E-state index >= 15 is 0 Å². The van der Waals surface area contributed by atoms with E-state index in [1.165, 1.54) is 19.1 Å². The number of hydrogen-bond donors (Lipinski definition) is 0. The van der Waals surface area contributed by atoms with Gasteiger partial charge in [0, 0.05) is 50.5 Å². The number of rotatable bonds is 5. The maximum Gasteiger partial charge on any atom is 0.419 e. The second kappa shape index (κ2) is 7.59. The fraction of sp³-hybridized carbons (Fsp3) is 0.333. The van der Waals surface area contributed by atoms with Crippen LogP contribution in [-0.2, 0) is 6.54 Å². The number of halogens is 1. The van der Waals surface area contributed by atoms with Crippen LogP contribution in [0.5, 0.6) is 0 Å². The minimum Gasteiger partial charge on any atom is -0.408 e. The smallest absolute Gasteiger partial charge is 0.408 e. The van der Waals surface area contributed by atoms with Crippen molar-refractivity contribution in [3.8, 4) is 0 Å². The molecule has 0 atom stereocenters. The monoisotopic (exact) mass is 383 g/mol. The molecular weight excluding hydrogens is 361 g/mol. The Morgan fingerprint density at radius 2 is 1.75 bits per heavy atom. The van der Waals surface area contributed by atoms with Crippen molar-refractivity contribution in [2.75, 3.05) is 37.6 Å². The fourth-order valence-electron chi connectivity index (χ4n) is 3.62.